The molecule has 3 nitrogen and oxygen atoms in total. The van der Waals surface area contributed by atoms with Gasteiger partial charge in [-0.1, -0.05) is 61.9 Å². The highest BCUT2D eigenvalue weighted by atomic mass is 79.9. The van der Waals surface area contributed by atoms with Gasteiger partial charge in [-0.25, -0.2) is 3.96 Å². The highest BCUT2D eigenvalue weighted by Crippen LogP contribution is 2.21. The molecule has 0 aliphatic heterocycles. The first kappa shape index (κ1) is 17.6. The second-order valence-electron chi connectivity index (χ2n) is 5.04. The summed E-state index contributed by atoms with van der Waals surface area (Å²) >= 11 is 1.60. The number of nitrogens with zero attached hydrogens (tertiary/aromatic N) is 3. The van der Waals surface area contributed by atoms with Crippen LogP contribution in [0.25, 0.3) is 17.1 Å². The molecule has 0 spiro atoms. The summed E-state index contributed by atoms with van der Waals surface area (Å²) in [6.45, 7) is 3.02. The van der Waals surface area contributed by atoms with Crippen LogP contribution in [0.15, 0.2) is 65.7 Å². The van der Waals surface area contributed by atoms with Gasteiger partial charge in [-0.05, 0) is 30.1 Å². The Kier molecular flexibility index (Phi) is 6.74. The van der Waals surface area contributed by atoms with Crippen LogP contribution in [0.1, 0.15) is 19.8 Å². The van der Waals surface area contributed by atoms with Crippen molar-refractivity contribution in [3.63, 3.8) is 0 Å². The van der Waals surface area contributed by atoms with Crippen molar-refractivity contribution in [2.75, 3.05) is 6.54 Å². The number of hydrogen-bond donors (Lipinski definition) is 0. The van der Waals surface area contributed by atoms with Gasteiger partial charge in [0.25, 0.3) is 0 Å². The predicted molar refractivity (Wildman–Crippen MR) is 103 cm³/mol. The fourth-order valence-corrected chi connectivity index (χ4v) is 3.09. The van der Waals surface area contributed by atoms with Gasteiger partial charge in [-0.15, -0.1) is 17.0 Å². The number of rotatable bonds is 5. The summed E-state index contributed by atoms with van der Waals surface area (Å²) in [5.74, 6) is 0.951. The molecule has 0 radical (unpaired) electrons. The molecule has 0 bridgehead atoms. The molecule has 3 aromatic rings. The van der Waals surface area contributed by atoms with Crippen LogP contribution < -0.4 is 4.80 Å². The van der Waals surface area contributed by atoms with E-state index in [1.165, 1.54) is 0 Å². The molecule has 0 unspecified atom stereocenters. The molecule has 0 saturated heterocycles. The maximum atomic E-state index is 4.74. The molecule has 2 aromatic carbocycles. The third kappa shape index (κ3) is 4.39. The first-order valence-corrected chi connectivity index (χ1v) is 8.37. The summed E-state index contributed by atoms with van der Waals surface area (Å²) < 4.78 is 2.15. The Hall–Kier alpha value is -1.72. The Bertz CT molecular complexity index is 719. The largest absolute Gasteiger partial charge is 0.256 e. The zero-order chi connectivity index (χ0) is 15.2. The molecule has 0 aliphatic rings. The minimum Gasteiger partial charge on any atom is -0.256 e. The van der Waals surface area contributed by atoms with E-state index in [4.69, 9.17) is 4.98 Å². The molecular weight excluding hydrogens is 370 g/mol. The Balaban J connectivity index is 0.00000192. The van der Waals surface area contributed by atoms with E-state index < -0.39 is 0 Å². The Labute approximate surface area is 151 Å². The molecule has 0 saturated carbocycles. The molecule has 0 atom stereocenters. The first-order chi connectivity index (χ1) is 10.9. The van der Waals surface area contributed by atoms with Crippen molar-refractivity contribution in [2.24, 2.45) is 4.99 Å². The standard InChI is InChI=1S/C18H19N3S.BrH/c1-2-3-14-19-18-20-17(15-10-6-4-7-11-15)21(22-18)16-12-8-5-9-13-16;/h4-13H,2-3,14H2,1H3;1H. The molecular formula is C18H20BrN3S. The van der Waals surface area contributed by atoms with Crippen molar-refractivity contribution in [1.29, 1.82) is 0 Å². The molecule has 23 heavy (non-hydrogen) atoms. The van der Waals surface area contributed by atoms with Crippen LogP contribution in [0.2, 0.25) is 0 Å². The molecule has 5 heteroatoms. The number of hydrogen-bond acceptors (Lipinski definition) is 3. The molecule has 0 N–H and O–H groups in total. The van der Waals surface area contributed by atoms with Gasteiger partial charge in [-0.2, -0.15) is 4.98 Å². The summed E-state index contributed by atoms with van der Waals surface area (Å²) in [5.41, 5.74) is 2.23. The lowest BCUT2D eigenvalue weighted by Crippen LogP contribution is -1.99. The van der Waals surface area contributed by atoms with E-state index >= 15 is 0 Å². The van der Waals surface area contributed by atoms with Crippen LogP contribution in [-0.2, 0) is 0 Å². The molecule has 1 aromatic heterocycles. The summed E-state index contributed by atoms with van der Waals surface area (Å²) in [4.78, 5) is 10.2. The van der Waals surface area contributed by atoms with Crippen molar-refractivity contribution in [2.45, 2.75) is 19.8 Å². The fraction of sp³-hybridized carbons (Fsp3) is 0.222. The minimum absolute atomic E-state index is 0. The molecule has 0 aliphatic carbocycles. The van der Waals surface area contributed by atoms with Crippen LogP contribution in [-0.4, -0.2) is 15.5 Å². The summed E-state index contributed by atoms with van der Waals surface area (Å²) in [6.07, 6.45) is 2.25. The number of benzene rings is 2. The molecule has 120 valence electrons. The topological polar surface area (TPSA) is 30.2 Å². The van der Waals surface area contributed by atoms with Crippen LogP contribution in [0.5, 0.6) is 0 Å². The molecule has 1 heterocycles. The van der Waals surface area contributed by atoms with E-state index in [-0.39, 0.29) is 17.0 Å². The van der Waals surface area contributed by atoms with Gasteiger partial charge in [0, 0.05) is 12.1 Å². The lowest BCUT2D eigenvalue weighted by Gasteiger charge is -2.05. The van der Waals surface area contributed by atoms with Gasteiger partial charge in [0.1, 0.15) is 0 Å². The smallest absolute Gasteiger partial charge is 0.223 e. The average molecular weight is 390 g/mol. The normalized spacial score (nSPS) is 11.3. The minimum atomic E-state index is 0. The third-order valence-electron chi connectivity index (χ3n) is 3.35. The SMILES string of the molecule is Br.CCCCN=c1nc(-c2ccccc2)n(-c2ccccc2)s1. The first-order valence-electron chi connectivity index (χ1n) is 7.60. The third-order valence-corrected chi connectivity index (χ3v) is 4.30. The van der Waals surface area contributed by atoms with Crippen molar-refractivity contribution >= 4 is 28.5 Å². The van der Waals surface area contributed by atoms with Gasteiger partial charge >= 0.3 is 0 Å². The van der Waals surface area contributed by atoms with Crippen molar-refractivity contribution in [1.82, 2.24) is 8.94 Å². The number of aromatic nitrogens is 2. The van der Waals surface area contributed by atoms with Gasteiger partial charge < -0.3 is 0 Å². The summed E-state index contributed by atoms with van der Waals surface area (Å²) in [6, 6.07) is 20.6. The Morgan fingerprint density at radius 1 is 1.00 bits per heavy atom. The van der Waals surface area contributed by atoms with E-state index in [2.05, 4.69) is 40.1 Å². The highest BCUT2D eigenvalue weighted by molar-refractivity contribution is 8.93. The monoisotopic (exact) mass is 389 g/mol. The van der Waals surface area contributed by atoms with E-state index in [1.54, 1.807) is 11.5 Å². The second kappa shape index (κ2) is 8.79. The van der Waals surface area contributed by atoms with Crippen LogP contribution in [0, 0.1) is 0 Å². The van der Waals surface area contributed by atoms with E-state index in [0.717, 1.165) is 41.3 Å². The molecule has 3 rings (SSSR count). The quantitative estimate of drug-likeness (QED) is 0.571. The molecule has 0 amide bonds. The van der Waals surface area contributed by atoms with Gasteiger partial charge in [0.15, 0.2) is 5.82 Å². The average Bonchev–Trinajstić information content (AvgIpc) is 3.01. The highest BCUT2D eigenvalue weighted by Gasteiger charge is 2.10. The zero-order valence-electron chi connectivity index (χ0n) is 13.1. The summed E-state index contributed by atoms with van der Waals surface area (Å²) in [5, 5.41) is 0. The summed E-state index contributed by atoms with van der Waals surface area (Å²) in [7, 11) is 0. The number of unbranched alkanes of at least 4 members (excludes halogenated alkanes) is 1. The zero-order valence-corrected chi connectivity index (χ0v) is 15.6. The van der Waals surface area contributed by atoms with E-state index in [1.807, 2.05) is 36.4 Å². The van der Waals surface area contributed by atoms with E-state index in [0.29, 0.717) is 0 Å². The number of halogens is 1. The van der Waals surface area contributed by atoms with Crippen LogP contribution in [0.3, 0.4) is 0 Å². The fourth-order valence-electron chi connectivity index (χ4n) is 2.19. The van der Waals surface area contributed by atoms with Crippen LogP contribution >= 0.6 is 28.5 Å². The van der Waals surface area contributed by atoms with Gasteiger partial charge in [0.2, 0.25) is 4.80 Å². The van der Waals surface area contributed by atoms with Gasteiger partial charge in [-0.3, -0.25) is 4.99 Å². The Morgan fingerprint density at radius 2 is 1.65 bits per heavy atom. The van der Waals surface area contributed by atoms with Crippen molar-refractivity contribution in [3.8, 4) is 17.1 Å². The van der Waals surface area contributed by atoms with Crippen molar-refractivity contribution in [3.05, 3.63) is 65.5 Å². The van der Waals surface area contributed by atoms with Crippen LogP contribution in [0.4, 0.5) is 0 Å². The molecule has 0 fully saturated rings. The van der Waals surface area contributed by atoms with Gasteiger partial charge in [0.05, 0.1) is 5.69 Å². The second-order valence-corrected chi connectivity index (χ2v) is 5.95. The number of para-hydroxylation sites is 1. The lowest BCUT2D eigenvalue weighted by molar-refractivity contribution is 0.792. The van der Waals surface area contributed by atoms with Crippen molar-refractivity contribution < 1.29 is 0 Å². The predicted octanol–water partition coefficient (Wildman–Crippen LogP) is 4.88. The Morgan fingerprint density at radius 3 is 2.30 bits per heavy atom. The lowest BCUT2D eigenvalue weighted by atomic mass is 10.2. The maximum absolute atomic E-state index is 4.74. The maximum Gasteiger partial charge on any atom is 0.223 e. The van der Waals surface area contributed by atoms with E-state index in [9.17, 15) is 0 Å².